The molecule has 0 aromatic rings. The second-order valence-corrected chi connectivity index (χ2v) is 4.53. The molecule has 98 valence electrons. The summed E-state index contributed by atoms with van der Waals surface area (Å²) in [6, 6.07) is 0. The van der Waals surface area contributed by atoms with Gasteiger partial charge in [0.1, 0.15) is 0 Å². The molecule has 0 saturated carbocycles. The van der Waals surface area contributed by atoms with Gasteiger partial charge in [0.2, 0.25) is 11.8 Å². The molecule has 0 radical (unpaired) electrons. The van der Waals surface area contributed by atoms with Crippen LogP contribution in [0.15, 0.2) is 0 Å². The Hall–Kier alpha value is -1.10. The summed E-state index contributed by atoms with van der Waals surface area (Å²) >= 11 is 0. The number of unbranched alkanes of at least 4 members (excludes halogenated alkanes) is 1. The summed E-state index contributed by atoms with van der Waals surface area (Å²) in [4.78, 5) is 24.8. The number of aliphatic hydroxyl groups is 1. The normalized spacial score (nSPS) is 20.1. The quantitative estimate of drug-likeness (QED) is 0.673. The van der Waals surface area contributed by atoms with Gasteiger partial charge < -0.3 is 15.3 Å². The van der Waals surface area contributed by atoms with Gasteiger partial charge in [0, 0.05) is 33.2 Å². The summed E-state index contributed by atoms with van der Waals surface area (Å²) in [7, 11) is 0. The van der Waals surface area contributed by atoms with E-state index < -0.39 is 0 Å². The second kappa shape index (κ2) is 7.27. The molecule has 5 nitrogen and oxygen atoms in total. The Morgan fingerprint density at radius 1 is 1.41 bits per heavy atom. The molecule has 2 amide bonds. The number of piperidine rings is 1. The summed E-state index contributed by atoms with van der Waals surface area (Å²) in [6.07, 6.45) is 3.26. The van der Waals surface area contributed by atoms with Gasteiger partial charge in [-0.1, -0.05) is 0 Å². The second-order valence-electron chi connectivity index (χ2n) is 4.53. The van der Waals surface area contributed by atoms with Crippen molar-refractivity contribution in [3.8, 4) is 0 Å². The van der Waals surface area contributed by atoms with Crippen LogP contribution < -0.4 is 5.32 Å². The average Bonchev–Trinajstić information content (AvgIpc) is 2.34. The Kier molecular flexibility index (Phi) is 5.97. The van der Waals surface area contributed by atoms with Gasteiger partial charge in [-0.25, -0.2) is 0 Å². The summed E-state index contributed by atoms with van der Waals surface area (Å²) in [6.45, 7) is 3.62. The molecule has 2 N–H and O–H groups in total. The molecule has 0 aliphatic carbocycles. The minimum Gasteiger partial charge on any atom is -0.396 e. The highest BCUT2D eigenvalue weighted by Crippen LogP contribution is 2.16. The number of rotatable bonds is 5. The molecule has 1 rings (SSSR count). The molecule has 0 bridgehead atoms. The third-order valence-electron chi connectivity index (χ3n) is 3.12. The third kappa shape index (κ3) is 4.73. The minimum atomic E-state index is -0.0678. The van der Waals surface area contributed by atoms with Crippen molar-refractivity contribution in [1.82, 2.24) is 10.2 Å². The maximum Gasteiger partial charge on any atom is 0.224 e. The van der Waals surface area contributed by atoms with Crippen LogP contribution in [0.5, 0.6) is 0 Å². The third-order valence-corrected chi connectivity index (χ3v) is 3.12. The van der Waals surface area contributed by atoms with E-state index in [2.05, 4.69) is 5.32 Å². The Morgan fingerprint density at radius 3 is 2.82 bits per heavy atom. The number of carbonyl (C=O) groups excluding carboxylic acids is 2. The largest absolute Gasteiger partial charge is 0.396 e. The van der Waals surface area contributed by atoms with E-state index in [4.69, 9.17) is 5.11 Å². The lowest BCUT2D eigenvalue weighted by molar-refractivity contribution is -0.133. The molecule has 1 fully saturated rings. The van der Waals surface area contributed by atoms with Crippen LogP contribution in [0.4, 0.5) is 0 Å². The SMILES string of the molecule is CC(=O)N1CCCC(C(=O)NCCCCO)C1. The fourth-order valence-electron chi connectivity index (χ4n) is 2.07. The van der Waals surface area contributed by atoms with Gasteiger partial charge in [0.05, 0.1) is 5.92 Å². The molecule has 1 aliphatic heterocycles. The number of nitrogens with zero attached hydrogens (tertiary/aromatic N) is 1. The van der Waals surface area contributed by atoms with Crippen LogP contribution in [-0.2, 0) is 9.59 Å². The van der Waals surface area contributed by atoms with Crippen LogP contribution in [0.2, 0.25) is 0 Å². The molecule has 5 heteroatoms. The average molecular weight is 242 g/mol. The topological polar surface area (TPSA) is 69.6 Å². The molecular weight excluding hydrogens is 220 g/mol. The van der Waals surface area contributed by atoms with Crippen LogP contribution in [0.1, 0.15) is 32.6 Å². The summed E-state index contributed by atoms with van der Waals surface area (Å²) in [5.74, 6) is 0.0125. The predicted octanol–water partition coefficient (Wildman–Crippen LogP) is 0.134. The molecule has 1 saturated heterocycles. The molecule has 1 atom stereocenters. The van der Waals surface area contributed by atoms with Gasteiger partial charge in [0.15, 0.2) is 0 Å². The van der Waals surface area contributed by atoms with E-state index in [0.717, 1.165) is 25.8 Å². The first-order valence-corrected chi connectivity index (χ1v) is 6.29. The van der Waals surface area contributed by atoms with Crippen molar-refractivity contribution in [2.24, 2.45) is 5.92 Å². The van der Waals surface area contributed by atoms with Gasteiger partial charge in [0.25, 0.3) is 0 Å². The van der Waals surface area contributed by atoms with Crippen molar-refractivity contribution in [3.05, 3.63) is 0 Å². The molecule has 1 heterocycles. The van der Waals surface area contributed by atoms with Crippen molar-refractivity contribution in [2.75, 3.05) is 26.2 Å². The zero-order valence-corrected chi connectivity index (χ0v) is 10.4. The fourth-order valence-corrected chi connectivity index (χ4v) is 2.07. The maximum absolute atomic E-state index is 11.8. The van der Waals surface area contributed by atoms with Crippen molar-refractivity contribution < 1.29 is 14.7 Å². The molecule has 0 spiro atoms. The zero-order chi connectivity index (χ0) is 12.7. The number of hydrogen-bond donors (Lipinski definition) is 2. The van der Waals surface area contributed by atoms with E-state index in [1.165, 1.54) is 0 Å². The number of carbonyl (C=O) groups is 2. The molecule has 0 aromatic heterocycles. The van der Waals surface area contributed by atoms with Gasteiger partial charge in [-0.2, -0.15) is 0 Å². The standard InChI is InChI=1S/C12H22N2O3/c1-10(16)14-7-4-5-11(9-14)12(17)13-6-2-3-8-15/h11,15H,2-9H2,1H3,(H,13,17). The Balaban J connectivity index is 2.28. The number of amides is 2. The van der Waals surface area contributed by atoms with Crippen molar-refractivity contribution in [2.45, 2.75) is 32.6 Å². The van der Waals surface area contributed by atoms with E-state index in [0.29, 0.717) is 19.5 Å². The molecule has 1 unspecified atom stereocenters. The van der Waals surface area contributed by atoms with Gasteiger partial charge in [-0.15, -0.1) is 0 Å². The number of aliphatic hydroxyl groups excluding tert-OH is 1. The first-order chi connectivity index (χ1) is 8.15. The lowest BCUT2D eigenvalue weighted by Gasteiger charge is -2.31. The van der Waals surface area contributed by atoms with Crippen LogP contribution in [0.25, 0.3) is 0 Å². The number of nitrogens with one attached hydrogen (secondary N) is 1. The Morgan fingerprint density at radius 2 is 2.18 bits per heavy atom. The Bertz CT molecular complexity index is 268. The van der Waals surface area contributed by atoms with E-state index in [1.807, 2.05) is 0 Å². The van der Waals surface area contributed by atoms with Crippen LogP contribution in [0.3, 0.4) is 0 Å². The van der Waals surface area contributed by atoms with E-state index >= 15 is 0 Å². The van der Waals surface area contributed by atoms with Crippen molar-refractivity contribution in [3.63, 3.8) is 0 Å². The number of hydrogen-bond acceptors (Lipinski definition) is 3. The summed E-state index contributed by atoms with van der Waals surface area (Å²) in [5, 5.41) is 11.5. The minimum absolute atomic E-state index is 0.0360. The highest BCUT2D eigenvalue weighted by molar-refractivity contribution is 5.80. The van der Waals surface area contributed by atoms with Crippen LogP contribution >= 0.6 is 0 Å². The zero-order valence-electron chi connectivity index (χ0n) is 10.4. The van der Waals surface area contributed by atoms with Gasteiger partial charge in [-0.05, 0) is 25.7 Å². The van der Waals surface area contributed by atoms with E-state index in [9.17, 15) is 9.59 Å². The van der Waals surface area contributed by atoms with Crippen molar-refractivity contribution in [1.29, 1.82) is 0 Å². The lowest BCUT2D eigenvalue weighted by Crippen LogP contribution is -2.44. The number of likely N-dealkylation sites (tertiary alicyclic amines) is 1. The predicted molar refractivity (Wildman–Crippen MR) is 64.3 cm³/mol. The lowest BCUT2D eigenvalue weighted by atomic mass is 9.97. The fraction of sp³-hybridized carbons (Fsp3) is 0.833. The van der Waals surface area contributed by atoms with E-state index in [1.54, 1.807) is 11.8 Å². The monoisotopic (exact) mass is 242 g/mol. The van der Waals surface area contributed by atoms with Crippen LogP contribution in [0, 0.1) is 5.92 Å². The summed E-state index contributed by atoms with van der Waals surface area (Å²) < 4.78 is 0. The highest BCUT2D eigenvalue weighted by Gasteiger charge is 2.26. The molecule has 17 heavy (non-hydrogen) atoms. The van der Waals surface area contributed by atoms with Gasteiger partial charge >= 0.3 is 0 Å². The summed E-state index contributed by atoms with van der Waals surface area (Å²) in [5.41, 5.74) is 0. The molecule has 0 aromatic carbocycles. The maximum atomic E-state index is 11.8. The van der Waals surface area contributed by atoms with Crippen LogP contribution in [-0.4, -0.2) is 48.1 Å². The van der Waals surface area contributed by atoms with Gasteiger partial charge in [-0.3, -0.25) is 9.59 Å². The molecule has 1 aliphatic rings. The smallest absolute Gasteiger partial charge is 0.224 e. The molecular formula is C12H22N2O3. The Labute approximate surface area is 102 Å². The van der Waals surface area contributed by atoms with E-state index in [-0.39, 0.29) is 24.3 Å². The first-order valence-electron chi connectivity index (χ1n) is 6.29. The van der Waals surface area contributed by atoms with Crippen molar-refractivity contribution >= 4 is 11.8 Å². The first kappa shape index (κ1) is 14.0. The highest BCUT2D eigenvalue weighted by atomic mass is 16.3.